The second-order valence-electron chi connectivity index (χ2n) is 6.19. The minimum absolute atomic E-state index is 0.0246. The maximum atomic E-state index is 12.1. The predicted octanol–water partition coefficient (Wildman–Crippen LogP) is 3.99. The van der Waals surface area contributed by atoms with Crippen molar-refractivity contribution in [2.45, 2.75) is 38.1 Å². The molecule has 0 radical (unpaired) electrons. The van der Waals surface area contributed by atoms with Gasteiger partial charge in [0.25, 0.3) is 0 Å². The number of carbonyl (C=O) groups excluding carboxylic acids is 1. The molecule has 0 saturated carbocycles. The van der Waals surface area contributed by atoms with Crippen LogP contribution in [0.4, 0.5) is 5.69 Å². The number of amides is 1. The second-order valence-corrected chi connectivity index (χ2v) is 12.3. The quantitative estimate of drug-likeness (QED) is 0.468. The number of benzene rings is 1. The van der Waals surface area contributed by atoms with E-state index in [0.29, 0.717) is 0 Å². The first-order valence-electron chi connectivity index (χ1n) is 6.73. The van der Waals surface area contributed by atoms with E-state index in [4.69, 9.17) is 11.6 Å². The van der Waals surface area contributed by atoms with E-state index in [-0.39, 0.29) is 5.91 Å². The molecule has 0 aliphatic carbocycles. The Kier molecular flexibility index (Phi) is 3.73. The summed E-state index contributed by atoms with van der Waals surface area (Å²) in [7, 11) is -1.80. The largest absolute Gasteiger partial charge is 0.273 e. The molecule has 0 aromatic heterocycles. The number of para-hydroxylation sites is 1. The van der Waals surface area contributed by atoms with E-state index in [9.17, 15) is 4.79 Å². The second kappa shape index (κ2) is 4.93. The maximum Gasteiger partial charge on any atom is 0.242 e. The lowest BCUT2D eigenvalue weighted by atomic mass is 10.3. The van der Waals surface area contributed by atoms with Gasteiger partial charge in [-0.1, -0.05) is 49.4 Å². The molecule has 0 saturated heterocycles. The van der Waals surface area contributed by atoms with Crippen molar-refractivity contribution in [1.29, 1.82) is 0 Å². The topological polar surface area (TPSA) is 23.6 Å². The third-order valence-electron chi connectivity index (χ3n) is 3.59. The van der Waals surface area contributed by atoms with Crippen LogP contribution in [0.15, 0.2) is 42.1 Å². The summed E-state index contributed by atoms with van der Waals surface area (Å²) in [5.74, 6) is -0.0246. The smallest absolute Gasteiger partial charge is 0.242 e. The highest BCUT2D eigenvalue weighted by Crippen LogP contribution is 2.44. The van der Waals surface area contributed by atoms with Gasteiger partial charge in [0.1, 0.15) is 12.7 Å². The molecule has 0 N–H and O–H groups in total. The van der Waals surface area contributed by atoms with Crippen LogP contribution in [0.3, 0.4) is 0 Å². The van der Waals surface area contributed by atoms with Crippen molar-refractivity contribution >= 4 is 31.3 Å². The van der Waals surface area contributed by atoms with Gasteiger partial charge in [-0.25, -0.2) is 5.01 Å². The van der Waals surface area contributed by atoms with Crippen molar-refractivity contribution in [3.8, 4) is 0 Å². The van der Waals surface area contributed by atoms with Gasteiger partial charge in [0.15, 0.2) is 0 Å². The van der Waals surface area contributed by atoms with Crippen LogP contribution in [0.5, 0.6) is 0 Å². The average Bonchev–Trinajstić information content (AvgIpc) is 2.62. The summed E-state index contributed by atoms with van der Waals surface area (Å²) in [6.45, 7) is 10.1. The molecule has 1 aromatic rings. The molecule has 0 bridgehead atoms. The summed E-state index contributed by atoms with van der Waals surface area (Å²) in [4.78, 5) is 12.1. The Morgan fingerprint density at radius 1 is 1.20 bits per heavy atom. The number of hydrogen-bond donors (Lipinski definition) is 0. The third kappa shape index (κ3) is 2.27. The minimum Gasteiger partial charge on any atom is -0.273 e. The van der Waals surface area contributed by atoms with Crippen LogP contribution >= 0.6 is 11.6 Å². The lowest BCUT2D eigenvalue weighted by Crippen LogP contribution is -2.61. The highest BCUT2D eigenvalue weighted by atomic mass is 35.5. The molecular formula is C15H21ClN2OSi. The summed E-state index contributed by atoms with van der Waals surface area (Å²) < 4.78 is -0.635. The van der Waals surface area contributed by atoms with Gasteiger partial charge in [-0.3, -0.25) is 9.80 Å². The molecule has 1 aliphatic rings. The Morgan fingerprint density at radius 2 is 1.75 bits per heavy atom. The van der Waals surface area contributed by atoms with Crippen LogP contribution < -0.4 is 5.01 Å². The van der Waals surface area contributed by atoms with Gasteiger partial charge in [-0.2, -0.15) is 0 Å². The van der Waals surface area contributed by atoms with Gasteiger partial charge in [0.2, 0.25) is 5.91 Å². The van der Waals surface area contributed by atoms with Crippen molar-refractivity contribution in [1.82, 2.24) is 5.01 Å². The number of hydrazine groups is 1. The maximum absolute atomic E-state index is 12.1. The molecule has 1 heterocycles. The summed E-state index contributed by atoms with van der Waals surface area (Å²) in [5.41, 5.74) is 1.83. The molecule has 108 valence electrons. The van der Waals surface area contributed by atoms with Crippen LogP contribution in [0.1, 0.15) is 13.8 Å². The van der Waals surface area contributed by atoms with E-state index < -0.39 is 12.7 Å². The zero-order valence-electron chi connectivity index (χ0n) is 12.6. The highest BCUT2D eigenvalue weighted by molar-refractivity contribution is 6.87. The van der Waals surface area contributed by atoms with Gasteiger partial charge in [0, 0.05) is 12.6 Å². The zero-order chi connectivity index (χ0) is 15.1. The Bertz CT molecular complexity index is 553. The van der Waals surface area contributed by atoms with Crippen LogP contribution in [-0.2, 0) is 4.79 Å². The summed E-state index contributed by atoms with van der Waals surface area (Å²) in [5, 5.41) is 3.62. The number of anilines is 1. The Hall–Kier alpha value is -1.26. The number of nitrogens with zero attached hydrogens (tertiary/aromatic N) is 2. The molecule has 1 amide bonds. The first kappa shape index (κ1) is 15.1. The zero-order valence-corrected chi connectivity index (χ0v) is 14.4. The van der Waals surface area contributed by atoms with Crippen molar-refractivity contribution < 1.29 is 4.79 Å². The van der Waals surface area contributed by atoms with E-state index in [1.807, 2.05) is 48.3 Å². The van der Waals surface area contributed by atoms with E-state index in [1.54, 1.807) is 11.9 Å². The molecule has 0 spiro atoms. The van der Waals surface area contributed by atoms with Crippen LogP contribution in [0, 0.1) is 0 Å². The molecular weight excluding hydrogens is 288 g/mol. The predicted molar refractivity (Wildman–Crippen MR) is 87.1 cm³/mol. The lowest BCUT2D eigenvalue weighted by molar-refractivity contribution is -0.127. The fraction of sp³-hybridized carbons (Fsp3) is 0.400. The lowest BCUT2D eigenvalue weighted by Gasteiger charge is -2.45. The average molecular weight is 309 g/mol. The van der Waals surface area contributed by atoms with Crippen LogP contribution in [0.2, 0.25) is 19.6 Å². The van der Waals surface area contributed by atoms with Crippen molar-refractivity contribution in [2.75, 3.05) is 5.01 Å². The van der Waals surface area contributed by atoms with E-state index in [2.05, 4.69) is 19.6 Å². The van der Waals surface area contributed by atoms with Crippen LogP contribution in [0.25, 0.3) is 0 Å². The SMILES string of the molecule is CC(=O)N1C(C)=CC(Cl)([Si](C)(C)C)N1c1ccccc1. The molecule has 1 unspecified atom stereocenters. The van der Waals surface area contributed by atoms with E-state index in [0.717, 1.165) is 11.4 Å². The molecule has 3 nitrogen and oxygen atoms in total. The van der Waals surface area contributed by atoms with Crippen molar-refractivity contribution in [3.05, 3.63) is 42.1 Å². The molecule has 1 aliphatic heterocycles. The monoisotopic (exact) mass is 308 g/mol. The number of allylic oxidation sites excluding steroid dienone is 1. The number of rotatable bonds is 2. The summed E-state index contributed by atoms with van der Waals surface area (Å²) in [6.07, 6.45) is 2.02. The molecule has 2 rings (SSSR count). The van der Waals surface area contributed by atoms with Gasteiger partial charge < -0.3 is 0 Å². The van der Waals surface area contributed by atoms with Crippen LogP contribution in [-0.4, -0.2) is 23.6 Å². The van der Waals surface area contributed by atoms with Gasteiger partial charge in [-0.05, 0) is 25.1 Å². The third-order valence-corrected chi connectivity index (χ3v) is 8.02. The summed E-state index contributed by atoms with van der Waals surface area (Å²) in [6, 6.07) is 9.85. The molecule has 20 heavy (non-hydrogen) atoms. The first-order valence-corrected chi connectivity index (χ1v) is 10.6. The van der Waals surface area contributed by atoms with Crippen molar-refractivity contribution in [3.63, 3.8) is 0 Å². The molecule has 1 aromatic carbocycles. The number of carbonyl (C=O) groups is 1. The van der Waals surface area contributed by atoms with E-state index in [1.165, 1.54) is 0 Å². The fourth-order valence-electron chi connectivity index (χ4n) is 2.50. The Labute approximate surface area is 126 Å². The Morgan fingerprint density at radius 3 is 2.20 bits per heavy atom. The molecule has 1 atom stereocenters. The Balaban J connectivity index is 2.61. The number of alkyl halides is 1. The number of halogens is 1. The van der Waals surface area contributed by atoms with Gasteiger partial charge in [-0.15, -0.1) is 0 Å². The van der Waals surface area contributed by atoms with Gasteiger partial charge >= 0.3 is 0 Å². The van der Waals surface area contributed by atoms with Gasteiger partial charge in [0.05, 0.1) is 5.69 Å². The fourth-order valence-corrected chi connectivity index (χ4v) is 4.34. The summed E-state index contributed by atoms with van der Waals surface area (Å²) >= 11 is 7.00. The normalized spacial score (nSPS) is 23.0. The number of hydrogen-bond acceptors (Lipinski definition) is 2. The van der Waals surface area contributed by atoms with E-state index >= 15 is 0 Å². The van der Waals surface area contributed by atoms with Crippen molar-refractivity contribution in [2.24, 2.45) is 0 Å². The molecule has 5 heteroatoms. The standard InChI is InChI=1S/C15H21ClN2OSi/c1-12-11-15(16,20(3,4)5)18(17(12)13(2)19)14-9-7-6-8-10-14/h6-11H,1-5H3. The highest BCUT2D eigenvalue weighted by Gasteiger charge is 2.52. The first-order chi connectivity index (χ1) is 9.18. The molecule has 0 fully saturated rings. The minimum atomic E-state index is -1.80.